The number of halogens is 1. The number of carbonyl (C=O) groups excluding carboxylic acids is 1. The number of hydrogen-bond donors (Lipinski definition) is 1. The SMILES string of the molecule is COC(=O)C[C@H](N)c1cscc1Br. The van der Waals surface area contributed by atoms with Crippen LogP contribution >= 0.6 is 27.3 Å². The zero-order valence-corrected chi connectivity index (χ0v) is 9.52. The maximum absolute atomic E-state index is 10.9. The van der Waals surface area contributed by atoms with Gasteiger partial charge in [0, 0.05) is 15.9 Å². The Morgan fingerprint density at radius 3 is 2.92 bits per heavy atom. The summed E-state index contributed by atoms with van der Waals surface area (Å²) in [7, 11) is 1.36. The Hall–Kier alpha value is -0.390. The van der Waals surface area contributed by atoms with Gasteiger partial charge in [-0.15, -0.1) is 0 Å². The van der Waals surface area contributed by atoms with Crippen molar-refractivity contribution in [1.82, 2.24) is 0 Å². The predicted octanol–water partition coefficient (Wildman–Crippen LogP) is 2.07. The molecule has 1 rings (SSSR count). The second kappa shape index (κ2) is 4.74. The number of esters is 1. The van der Waals surface area contributed by atoms with Gasteiger partial charge >= 0.3 is 5.97 Å². The Bertz CT molecular complexity index is 300. The summed E-state index contributed by atoms with van der Waals surface area (Å²) in [6, 6.07) is -0.284. The molecule has 72 valence electrons. The van der Waals surface area contributed by atoms with Gasteiger partial charge in [-0.1, -0.05) is 0 Å². The highest BCUT2D eigenvalue weighted by Crippen LogP contribution is 2.27. The van der Waals surface area contributed by atoms with E-state index in [4.69, 9.17) is 5.73 Å². The van der Waals surface area contributed by atoms with Gasteiger partial charge in [0.25, 0.3) is 0 Å². The number of rotatable bonds is 3. The molecular weight excluding hydrogens is 254 g/mol. The van der Waals surface area contributed by atoms with Gasteiger partial charge in [0.2, 0.25) is 0 Å². The van der Waals surface area contributed by atoms with Crippen LogP contribution in [0.3, 0.4) is 0 Å². The minimum absolute atomic E-state index is 0.214. The summed E-state index contributed by atoms with van der Waals surface area (Å²) in [4.78, 5) is 10.9. The van der Waals surface area contributed by atoms with Crippen molar-refractivity contribution in [2.75, 3.05) is 7.11 Å². The van der Waals surface area contributed by atoms with Crippen molar-refractivity contribution in [3.63, 3.8) is 0 Å². The molecule has 0 aliphatic heterocycles. The molecule has 2 N–H and O–H groups in total. The fourth-order valence-electron chi connectivity index (χ4n) is 0.929. The van der Waals surface area contributed by atoms with Crippen molar-refractivity contribution < 1.29 is 9.53 Å². The maximum atomic E-state index is 10.9. The fourth-order valence-corrected chi connectivity index (χ4v) is 2.58. The number of hydrogen-bond acceptors (Lipinski definition) is 4. The summed E-state index contributed by atoms with van der Waals surface area (Å²) in [5, 5.41) is 3.87. The topological polar surface area (TPSA) is 52.3 Å². The van der Waals surface area contributed by atoms with E-state index in [2.05, 4.69) is 20.7 Å². The summed E-state index contributed by atoms with van der Waals surface area (Å²) in [5.41, 5.74) is 6.75. The molecule has 0 saturated heterocycles. The molecule has 0 saturated carbocycles. The zero-order chi connectivity index (χ0) is 9.84. The number of thiophene rings is 1. The van der Waals surface area contributed by atoms with Gasteiger partial charge < -0.3 is 10.5 Å². The van der Waals surface area contributed by atoms with E-state index in [1.807, 2.05) is 10.8 Å². The quantitative estimate of drug-likeness (QED) is 0.850. The molecule has 3 nitrogen and oxygen atoms in total. The van der Waals surface area contributed by atoms with E-state index in [-0.39, 0.29) is 18.4 Å². The van der Waals surface area contributed by atoms with Gasteiger partial charge in [-0.3, -0.25) is 4.79 Å². The van der Waals surface area contributed by atoms with Crippen LogP contribution in [-0.4, -0.2) is 13.1 Å². The third kappa shape index (κ3) is 2.79. The van der Waals surface area contributed by atoms with Crippen molar-refractivity contribution in [2.24, 2.45) is 5.73 Å². The summed E-state index contributed by atoms with van der Waals surface area (Å²) in [6.07, 6.45) is 0.214. The van der Waals surface area contributed by atoms with E-state index < -0.39 is 0 Å². The van der Waals surface area contributed by atoms with E-state index in [0.717, 1.165) is 10.0 Å². The molecule has 1 aromatic heterocycles. The number of nitrogens with two attached hydrogens (primary N) is 1. The van der Waals surface area contributed by atoms with E-state index in [1.54, 1.807) is 11.3 Å². The highest BCUT2D eigenvalue weighted by atomic mass is 79.9. The first-order chi connectivity index (χ1) is 6.15. The van der Waals surface area contributed by atoms with Crippen LogP contribution in [0, 0.1) is 0 Å². The fraction of sp³-hybridized carbons (Fsp3) is 0.375. The molecule has 5 heteroatoms. The molecule has 0 amide bonds. The molecule has 1 atom stereocenters. The van der Waals surface area contributed by atoms with Gasteiger partial charge in [0.15, 0.2) is 0 Å². The predicted molar refractivity (Wildman–Crippen MR) is 55.6 cm³/mol. The first kappa shape index (κ1) is 10.7. The summed E-state index contributed by atoms with van der Waals surface area (Å²) < 4.78 is 5.48. The Morgan fingerprint density at radius 1 is 1.77 bits per heavy atom. The van der Waals surface area contributed by atoms with E-state index in [1.165, 1.54) is 7.11 Å². The lowest BCUT2D eigenvalue weighted by atomic mass is 10.1. The first-order valence-electron chi connectivity index (χ1n) is 3.69. The number of methoxy groups -OCH3 is 1. The minimum atomic E-state index is -0.286. The van der Waals surface area contributed by atoms with E-state index in [0.29, 0.717) is 0 Å². The molecular formula is C8H10BrNO2S. The van der Waals surface area contributed by atoms with Gasteiger partial charge in [-0.2, -0.15) is 11.3 Å². The lowest BCUT2D eigenvalue weighted by Gasteiger charge is -2.08. The molecule has 1 heterocycles. The number of carbonyl (C=O) groups is 1. The van der Waals surface area contributed by atoms with Crippen molar-refractivity contribution in [1.29, 1.82) is 0 Å². The van der Waals surface area contributed by atoms with Crippen LogP contribution in [0.5, 0.6) is 0 Å². The molecule has 0 spiro atoms. The zero-order valence-electron chi connectivity index (χ0n) is 7.12. The highest BCUT2D eigenvalue weighted by molar-refractivity contribution is 9.10. The van der Waals surface area contributed by atoms with Gasteiger partial charge in [-0.05, 0) is 26.9 Å². The molecule has 0 aromatic carbocycles. The van der Waals surface area contributed by atoms with Crippen molar-refractivity contribution in [2.45, 2.75) is 12.5 Å². The average molecular weight is 264 g/mol. The lowest BCUT2D eigenvalue weighted by Crippen LogP contribution is -2.15. The van der Waals surface area contributed by atoms with Crippen molar-refractivity contribution >= 4 is 33.2 Å². The van der Waals surface area contributed by atoms with Gasteiger partial charge in [0.05, 0.1) is 13.5 Å². The van der Waals surface area contributed by atoms with Gasteiger partial charge in [-0.25, -0.2) is 0 Å². The van der Waals surface area contributed by atoms with Crippen molar-refractivity contribution in [3.8, 4) is 0 Å². The Balaban J connectivity index is 2.63. The van der Waals surface area contributed by atoms with E-state index >= 15 is 0 Å². The largest absolute Gasteiger partial charge is 0.469 e. The van der Waals surface area contributed by atoms with Crippen LogP contribution in [0.2, 0.25) is 0 Å². The third-order valence-electron chi connectivity index (χ3n) is 1.66. The molecule has 1 aromatic rings. The van der Waals surface area contributed by atoms with E-state index in [9.17, 15) is 4.79 Å². The second-order valence-corrected chi connectivity index (χ2v) is 4.16. The highest BCUT2D eigenvalue weighted by Gasteiger charge is 2.14. The average Bonchev–Trinajstić information content (AvgIpc) is 2.51. The second-order valence-electron chi connectivity index (χ2n) is 2.56. The Morgan fingerprint density at radius 2 is 2.46 bits per heavy atom. The molecule has 0 aliphatic rings. The number of ether oxygens (including phenoxy) is 1. The lowest BCUT2D eigenvalue weighted by molar-refractivity contribution is -0.141. The molecule has 0 aliphatic carbocycles. The molecule has 0 radical (unpaired) electrons. The van der Waals surface area contributed by atoms with Crippen LogP contribution < -0.4 is 5.73 Å². The van der Waals surface area contributed by atoms with Crippen LogP contribution in [0.1, 0.15) is 18.0 Å². The van der Waals surface area contributed by atoms with Crippen LogP contribution in [0.4, 0.5) is 0 Å². The maximum Gasteiger partial charge on any atom is 0.307 e. The molecule has 0 bridgehead atoms. The normalized spacial score (nSPS) is 12.5. The molecule has 0 unspecified atom stereocenters. The van der Waals surface area contributed by atoms with Crippen LogP contribution in [0.15, 0.2) is 15.2 Å². The Kier molecular flexibility index (Phi) is 3.90. The van der Waals surface area contributed by atoms with Crippen molar-refractivity contribution in [3.05, 3.63) is 20.8 Å². The monoisotopic (exact) mass is 263 g/mol. The Labute approximate surface area is 89.0 Å². The summed E-state index contributed by atoms with van der Waals surface area (Å²) in [5.74, 6) is -0.286. The molecule has 0 fully saturated rings. The summed E-state index contributed by atoms with van der Waals surface area (Å²) in [6.45, 7) is 0. The van der Waals surface area contributed by atoms with Gasteiger partial charge in [0.1, 0.15) is 0 Å². The molecule has 13 heavy (non-hydrogen) atoms. The van der Waals surface area contributed by atoms with Crippen LogP contribution in [0.25, 0.3) is 0 Å². The third-order valence-corrected chi connectivity index (χ3v) is 3.41. The standard InChI is InChI=1S/C8H10BrNO2S/c1-12-8(11)2-7(10)5-3-13-4-6(5)9/h3-4,7H,2,10H2,1H3/t7-/m0/s1. The van der Waals surface area contributed by atoms with Crippen LogP contribution in [-0.2, 0) is 9.53 Å². The smallest absolute Gasteiger partial charge is 0.307 e. The summed E-state index contributed by atoms with van der Waals surface area (Å²) >= 11 is 4.91. The minimum Gasteiger partial charge on any atom is -0.469 e. The first-order valence-corrected chi connectivity index (χ1v) is 5.42.